The van der Waals surface area contributed by atoms with E-state index in [0.29, 0.717) is 6.42 Å². The Morgan fingerprint density at radius 3 is 2.71 bits per heavy atom. The van der Waals surface area contributed by atoms with Crippen molar-refractivity contribution in [2.75, 3.05) is 6.61 Å². The molecule has 1 atom stereocenters. The van der Waals surface area contributed by atoms with Crippen LogP contribution in [-0.2, 0) is 16.1 Å². The van der Waals surface area contributed by atoms with Gasteiger partial charge >= 0.3 is 5.97 Å². The highest BCUT2D eigenvalue weighted by Crippen LogP contribution is 2.08. The second kappa shape index (κ2) is 6.93. The molecule has 17 heavy (non-hydrogen) atoms. The predicted octanol–water partition coefficient (Wildman–Crippen LogP) is 1.96. The summed E-state index contributed by atoms with van der Waals surface area (Å²) < 4.78 is 0. The predicted molar refractivity (Wildman–Crippen MR) is 65.7 cm³/mol. The maximum absolute atomic E-state index is 10.4. The number of hydrogen-bond acceptors (Lipinski definition) is 3. The standard InChI is InChI=1S/C12H14ClNO3/c1-9(12(15)16)14-17-8-11(13)7-10-5-3-2-4-6-10/h2-6,11,14H,1,7-8H2,(H,15,16). The highest BCUT2D eigenvalue weighted by molar-refractivity contribution is 6.20. The number of carboxylic acid groups (broad SMARTS) is 1. The zero-order valence-corrected chi connectivity index (χ0v) is 9.98. The van der Waals surface area contributed by atoms with Gasteiger partial charge in [0.2, 0.25) is 0 Å². The largest absolute Gasteiger partial charge is 0.477 e. The first-order valence-corrected chi connectivity index (χ1v) is 5.51. The molecule has 0 aliphatic heterocycles. The molecule has 4 nitrogen and oxygen atoms in total. The van der Waals surface area contributed by atoms with Crippen molar-refractivity contribution in [1.29, 1.82) is 0 Å². The van der Waals surface area contributed by atoms with Crippen molar-refractivity contribution in [2.45, 2.75) is 11.8 Å². The molecule has 1 aromatic rings. The fourth-order valence-corrected chi connectivity index (χ4v) is 1.43. The Morgan fingerprint density at radius 2 is 2.12 bits per heavy atom. The van der Waals surface area contributed by atoms with Gasteiger partial charge in [-0.25, -0.2) is 4.79 Å². The van der Waals surface area contributed by atoms with Crippen molar-refractivity contribution in [3.05, 3.63) is 48.2 Å². The van der Waals surface area contributed by atoms with Gasteiger partial charge in [-0.15, -0.1) is 11.6 Å². The molecule has 1 unspecified atom stereocenters. The van der Waals surface area contributed by atoms with E-state index in [1.54, 1.807) is 0 Å². The second-order valence-corrected chi connectivity index (χ2v) is 4.10. The molecule has 0 fully saturated rings. The molecule has 0 saturated heterocycles. The van der Waals surface area contributed by atoms with E-state index in [9.17, 15) is 4.79 Å². The van der Waals surface area contributed by atoms with Gasteiger partial charge in [-0.2, -0.15) is 0 Å². The summed E-state index contributed by atoms with van der Waals surface area (Å²) in [6, 6.07) is 9.74. The van der Waals surface area contributed by atoms with Gasteiger partial charge in [0.1, 0.15) is 5.70 Å². The highest BCUT2D eigenvalue weighted by Gasteiger charge is 2.08. The molecule has 0 spiro atoms. The van der Waals surface area contributed by atoms with Crippen molar-refractivity contribution < 1.29 is 14.7 Å². The molecule has 0 saturated carbocycles. The number of rotatable bonds is 7. The van der Waals surface area contributed by atoms with E-state index >= 15 is 0 Å². The first kappa shape index (κ1) is 13.5. The topological polar surface area (TPSA) is 58.6 Å². The lowest BCUT2D eigenvalue weighted by atomic mass is 10.1. The van der Waals surface area contributed by atoms with E-state index in [-0.39, 0.29) is 17.7 Å². The summed E-state index contributed by atoms with van der Waals surface area (Å²) >= 11 is 6.04. The molecule has 92 valence electrons. The van der Waals surface area contributed by atoms with Gasteiger partial charge in [-0.3, -0.25) is 10.3 Å². The van der Waals surface area contributed by atoms with Crippen LogP contribution in [0, 0.1) is 0 Å². The third-order valence-corrected chi connectivity index (χ3v) is 2.30. The van der Waals surface area contributed by atoms with Crippen LogP contribution < -0.4 is 5.48 Å². The number of alkyl halides is 1. The maximum atomic E-state index is 10.4. The Labute approximate surface area is 105 Å². The number of hydrogen-bond donors (Lipinski definition) is 2. The Balaban J connectivity index is 2.24. The van der Waals surface area contributed by atoms with Crippen molar-refractivity contribution in [3.8, 4) is 0 Å². The Kier molecular flexibility index (Phi) is 5.52. The van der Waals surface area contributed by atoms with Gasteiger partial charge in [-0.05, 0) is 12.0 Å². The van der Waals surface area contributed by atoms with Crippen LogP contribution >= 0.6 is 11.6 Å². The van der Waals surface area contributed by atoms with Gasteiger partial charge in [0.25, 0.3) is 0 Å². The van der Waals surface area contributed by atoms with Crippen LogP contribution in [0.2, 0.25) is 0 Å². The molecule has 1 rings (SSSR count). The number of nitrogens with one attached hydrogen (secondary N) is 1. The Hall–Kier alpha value is -1.52. The van der Waals surface area contributed by atoms with Crippen LogP contribution in [0.4, 0.5) is 0 Å². The number of carbonyl (C=O) groups is 1. The van der Waals surface area contributed by atoms with Crippen molar-refractivity contribution in [3.63, 3.8) is 0 Å². The zero-order chi connectivity index (χ0) is 12.7. The second-order valence-electron chi connectivity index (χ2n) is 3.48. The Bertz CT molecular complexity index is 381. The lowest BCUT2D eigenvalue weighted by Crippen LogP contribution is -2.24. The van der Waals surface area contributed by atoms with Crippen LogP contribution in [0.5, 0.6) is 0 Å². The van der Waals surface area contributed by atoms with E-state index < -0.39 is 5.97 Å². The van der Waals surface area contributed by atoms with Crippen LogP contribution in [0.3, 0.4) is 0 Å². The summed E-state index contributed by atoms with van der Waals surface area (Å²) in [5.41, 5.74) is 3.11. The minimum atomic E-state index is -1.15. The molecule has 2 N–H and O–H groups in total. The van der Waals surface area contributed by atoms with Gasteiger partial charge in [0.15, 0.2) is 0 Å². The first-order valence-electron chi connectivity index (χ1n) is 5.07. The van der Waals surface area contributed by atoms with Crippen LogP contribution in [-0.4, -0.2) is 23.1 Å². The molecule has 0 aliphatic carbocycles. The number of benzene rings is 1. The smallest absolute Gasteiger partial charge is 0.353 e. The van der Waals surface area contributed by atoms with Gasteiger partial charge in [0, 0.05) is 0 Å². The molecule has 0 heterocycles. The summed E-state index contributed by atoms with van der Waals surface area (Å²) in [6.07, 6.45) is 0.656. The van der Waals surface area contributed by atoms with Crippen LogP contribution in [0.15, 0.2) is 42.6 Å². The zero-order valence-electron chi connectivity index (χ0n) is 9.23. The van der Waals surface area contributed by atoms with Gasteiger partial charge in [-0.1, -0.05) is 36.9 Å². The number of halogens is 1. The minimum absolute atomic E-state index is 0.197. The van der Waals surface area contributed by atoms with Crippen molar-refractivity contribution in [1.82, 2.24) is 5.48 Å². The summed E-state index contributed by atoms with van der Waals surface area (Å²) in [5.74, 6) is -1.15. The van der Waals surface area contributed by atoms with Crippen molar-refractivity contribution >= 4 is 17.6 Å². The summed E-state index contributed by atoms with van der Waals surface area (Å²) in [6.45, 7) is 3.45. The monoisotopic (exact) mass is 255 g/mol. The minimum Gasteiger partial charge on any atom is -0.477 e. The fourth-order valence-electron chi connectivity index (χ4n) is 1.19. The third-order valence-electron chi connectivity index (χ3n) is 2.02. The number of aliphatic carboxylic acids is 1. The SMILES string of the molecule is C=C(NOCC(Cl)Cc1ccccc1)C(=O)O. The molecule has 0 radical (unpaired) electrons. The van der Waals surface area contributed by atoms with Crippen molar-refractivity contribution in [2.24, 2.45) is 0 Å². The molecular formula is C12H14ClNO3. The average Bonchev–Trinajstić information content (AvgIpc) is 2.30. The third kappa shape index (κ3) is 5.38. The quantitative estimate of drug-likeness (QED) is 0.444. The summed E-state index contributed by atoms with van der Waals surface area (Å²) in [7, 11) is 0. The summed E-state index contributed by atoms with van der Waals surface area (Å²) in [5, 5.41) is 8.28. The van der Waals surface area contributed by atoms with Crippen LogP contribution in [0.1, 0.15) is 5.56 Å². The molecule has 0 amide bonds. The molecule has 0 aliphatic rings. The van der Waals surface area contributed by atoms with E-state index in [0.717, 1.165) is 5.56 Å². The lowest BCUT2D eigenvalue weighted by Gasteiger charge is -2.11. The van der Waals surface area contributed by atoms with E-state index in [1.807, 2.05) is 30.3 Å². The van der Waals surface area contributed by atoms with Gasteiger partial charge < -0.3 is 5.11 Å². The Morgan fingerprint density at radius 1 is 1.47 bits per heavy atom. The lowest BCUT2D eigenvalue weighted by molar-refractivity contribution is -0.134. The van der Waals surface area contributed by atoms with Gasteiger partial charge in [0.05, 0.1) is 12.0 Å². The maximum Gasteiger partial charge on any atom is 0.353 e. The number of carboxylic acids is 1. The summed E-state index contributed by atoms with van der Waals surface area (Å²) in [4.78, 5) is 15.3. The van der Waals surface area contributed by atoms with Crippen LogP contribution in [0.25, 0.3) is 0 Å². The normalized spacial score (nSPS) is 11.8. The molecule has 0 aromatic heterocycles. The van der Waals surface area contributed by atoms with E-state index in [1.165, 1.54) is 0 Å². The highest BCUT2D eigenvalue weighted by atomic mass is 35.5. The average molecular weight is 256 g/mol. The van der Waals surface area contributed by atoms with E-state index in [2.05, 4.69) is 12.1 Å². The molecule has 0 bridgehead atoms. The first-order chi connectivity index (χ1) is 8.09. The molecule has 5 heteroatoms. The molecular weight excluding hydrogens is 242 g/mol. The molecule has 1 aromatic carbocycles. The fraction of sp³-hybridized carbons (Fsp3) is 0.250. The number of hydroxylamine groups is 1. The van der Waals surface area contributed by atoms with E-state index in [4.69, 9.17) is 21.5 Å².